The molecule has 1 atom stereocenters. The minimum Gasteiger partial charge on any atom is -0.385 e. The van der Waals surface area contributed by atoms with Crippen molar-refractivity contribution in [1.29, 1.82) is 0 Å². The summed E-state index contributed by atoms with van der Waals surface area (Å²) in [4.78, 5) is 0. The predicted octanol–water partition coefficient (Wildman–Crippen LogP) is 2.14. The molecule has 0 aromatic heterocycles. The Morgan fingerprint density at radius 2 is 1.94 bits per heavy atom. The molecular formula is C11H24BrNO3S. The maximum Gasteiger partial charge on any atom is 0.211 e. The molecule has 0 heterocycles. The highest BCUT2D eigenvalue weighted by Gasteiger charge is 2.27. The van der Waals surface area contributed by atoms with Gasteiger partial charge in [-0.1, -0.05) is 36.7 Å². The van der Waals surface area contributed by atoms with Crippen molar-refractivity contribution in [1.82, 2.24) is 4.72 Å². The largest absolute Gasteiger partial charge is 0.385 e. The number of hydrogen-bond donors (Lipinski definition) is 1. The molecule has 6 heteroatoms. The minimum absolute atomic E-state index is 0.0468. The number of alkyl halides is 1. The maximum atomic E-state index is 11.9. The molecule has 104 valence electrons. The van der Waals surface area contributed by atoms with E-state index < -0.39 is 10.0 Å². The minimum atomic E-state index is -3.21. The highest BCUT2D eigenvalue weighted by atomic mass is 79.9. The van der Waals surface area contributed by atoms with Gasteiger partial charge in [0, 0.05) is 25.1 Å². The molecule has 0 aliphatic carbocycles. The Labute approximate surface area is 114 Å². The molecule has 0 saturated heterocycles. The third-order valence-electron chi connectivity index (χ3n) is 2.53. The van der Waals surface area contributed by atoms with Crippen molar-refractivity contribution in [2.45, 2.75) is 39.7 Å². The van der Waals surface area contributed by atoms with E-state index in [1.807, 2.05) is 20.8 Å². The lowest BCUT2D eigenvalue weighted by Crippen LogP contribution is -2.44. The second-order valence-electron chi connectivity index (χ2n) is 5.18. The van der Waals surface area contributed by atoms with Gasteiger partial charge in [0.1, 0.15) is 0 Å². The number of hydrogen-bond acceptors (Lipinski definition) is 3. The number of rotatable bonds is 8. The Bertz CT molecular complexity index is 298. The van der Waals surface area contributed by atoms with E-state index in [1.54, 1.807) is 7.11 Å². The number of nitrogens with one attached hydrogen (secondary N) is 1. The van der Waals surface area contributed by atoms with Gasteiger partial charge in [-0.3, -0.25) is 0 Å². The molecule has 0 bridgehead atoms. The van der Waals surface area contributed by atoms with Crippen molar-refractivity contribution in [2.75, 3.05) is 24.8 Å². The lowest BCUT2D eigenvalue weighted by atomic mass is 9.86. The standard InChI is InChI=1S/C11H24BrNO3S/c1-11(2,3)10(6-7-12)13-17(14,15)9-5-8-16-4/h10,13H,5-9H2,1-4H3. The highest BCUT2D eigenvalue weighted by Crippen LogP contribution is 2.23. The summed E-state index contributed by atoms with van der Waals surface area (Å²) in [5, 5.41) is 0.787. The van der Waals surface area contributed by atoms with Gasteiger partial charge in [0.15, 0.2) is 0 Å². The summed E-state index contributed by atoms with van der Waals surface area (Å²) in [6.45, 7) is 6.59. The van der Waals surface area contributed by atoms with Crippen LogP contribution in [-0.4, -0.2) is 39.3 Å². The Morgan fingerprint density at radius 3 is 2.35 bits per heavy atom. The molecule has 0 aliphatic rings. The van der Waals surface area contributed by atoms with E-state index in [-0.39, 0.29) is 17.2 Å². The lowest BCUT2D eigenvalue weighted by Gasteiger charge is -2.30. The van der Waals surface area contributed by atoms with Gasteiger partial charge in [-0.15, -0.1) is 0 Å². The molecule has 0 fully saturated rings. The number of ether oxygens (including phenoxy) is 1. The van der Waals surface area contributed by atoms with Crippen LogP contribution in [0, 0.1) is 5.41 Å². The summed E-state index contributed by atoms with van der Waals surface area (Å²) in [6, 6.07) is -0.0468. The first kappa shape index (κ1) is 17.4. The van der Waals surface area contributed by atoms with Crippen LogP contribution in [0.1, 0.15) is 33.6 Å². The zero-order chi connectivity index (χ0) is 13.5. The van der Waals surface area contributed by atoms with Gasteiger partial charge in [0.25, 0.3) is 0 Å². The average molecular weight is 330 g/mol. The summed E-state index contributed by atoms with van der Waals surface area (Å²) in [5.74, 6) is 0.121. The zero-order valence-electron chi connectivity index (χ0n) is 11.1. The molecule has 1 N–H and O–H groups in total. The van der Waals surface area contributed by atoms with Gasteiger partial charge in [-0.2, -0.15) is 0 Å². The van der Waals surface area contributed by atoms with Crippen molar-refractivity contribution < 1.29 is 13.2 Å². The van der Waals surface area contributed by atoms with Crippen LogP contribution in [-0.2, 0) is 14.8 Å². The normalized spacial score (nSPS) is 14.9. The van der Waals surface area contributed by atoms with E-state index >= 15 is 0 Å². The first-order chi connectivity index (χ1) is 7.73. The van der Waals surface area contributed by atoms with Crippen molar-refractivity contribution in [3.05, 3.63) is 0 Å². The first-order valence-corrected chi connectivity index (χ1v) is 8.55. The molecule has 0 aromatic carbocycles. The molecule has 0 radical (unpaired) electrons. The fourth-order valence-corrected chi connectivity index (χ4v) is 3.43. The second-order valence-corrected chi connectivity index (χ2v) is 7.85. The van der Waals surface area contributed by atoms with E-state index in [9.17, 15) is 8.42 Å². The molecule has 4 nitrogen and oxygen atoms in total. The van der Waals surface area contributed by atoms with E-state index in [0.717, 1.165) is 11.8 Å². The van der Waals surface area contributed by atoms with E-state index in [0.29, 0.717) is 13.0 Å². The van der Waals surface area contributed by atoms with Gasteiger partial charge in [0.05, 0.1) is 5.75 Å². The Morgan fingerprint density at radius 1 is 1.35 bits per heavy atom. The van der Waals surface area contributed by atoms with E-state index in [2.05, 4.69) is 20.7 Å². The van der Waals surface area contributed by atoms with Crippen LogP contribution >= 0.6 is 15.9 Å². The van der Waals surface area contributed by atoms with Crippen LogP contribution in [0.5, 0.6) is 0 Å². The van der Waals surface area contributed by atoms with Gasteiger partial charge in [-0.05, 0) is 18.3 Å². The molecule has 0 spiro atoms. The van der Waals surface area contributed by atoms with Crippen LogP contribution in [0.15, 0.2) is 0 Å². The Hall–Kier alpha value is 0.350. The highest BCUT2D eigenvalue weighted by molar-refractivity contribution is 9.09. The molecule has 1 unspecified atom stereocenters. The van der Waals surface area contributed by atoms with Gasteiger partial charge < -0.3 is 4.74 Å². The number of sulfonamides is 1. The van der Waals surface area contributed by atoms with Gasteiger partial charge in [-0.25, -0.2) is 13.1 Å². The summed E-state index contributed by atoms with van der Waals surface area (Å²) in [7, 11) is -1.64. The average Bonchev–Trinajstić information content (AvgIpc) is 2.15. The third-order valence-corrected chi connectivity index (χ3v) is 4.45. The smallest absolute Gasteiger partial charge is 0.211 e. The Balaban J connectivity index is 4.43. The monoisotopic (exact) mass is 329 g/mol. The van der Waals surface area contributed by atoms with Gasteiger partial charge in [0.2, 0.25) is 10.0 Å². The van der Waals surface area contributed by atoms with Gasteiger partial charge >= 0.3 is 0 Å². The molecule has 17 heavy (non-hydrogen) atoms. The Kier molecular flexibility index (Phi) is 7.87. The molecule has 0 aliphatic heterocycles. The quantitative estimate of drug-likeness (QED) is 0.548. The number of halogens is 1. The van der Waals surface area contributed by atoms with Crippen LogP contribution < -0.4 is 4.72 Å². The summed E-state index contributed by atoms with van der Waals surface area (Å²) in [6.07, 6.45) is 1.31. The second kappa shape index (κ2) is 7.71. The van der Waals surface area contributed by atoms with Crippen LogP contribution in [0.2, 0.25) is 0 Å². The maximum absolute atomic E-state index is 11.9. The zero-order valence-corrected chi connectivity index (χ0v) is 13.5. The molecule has 0 rings (SSSR count). The molecular weight excluding hydrogens is 306 g/mol. The van der Waals surface area contributed by atoms with Crippen LogP contribution in [0.25, 0.3) is 0 Å². The number of methoxy groups -OCH3 is 1. The fourth-order valence-electron chi connectivity index (χ4n) is 1.45. The van der Waals surface area contributed by atoms with Crippen molar-refractivity contribution in [3.8, 4) is 0 Å². The topological polar surface area (TPSA) is 55.4 Å². The predicted molar refractivity (Wildman–Crippen MR) is 75.1 cm³/mol. The summed E-state index contributed by atoms with van der Waals surface area (Å²) >= 11 is 3.36. The molecule has 0 saturated carbocycles. The van der Waals surface area contributed by atoms with E-state index in [4.69, 9.17) is 4.74 Å². The summed E-state index contributed by atoms with van der Waals surface area (Å²) in [5.41, 5.74) is -0.0813. The van der Waals surface area contributed by atoms with Crippen LogP contribution in [0.4, 0.5) is 0 Å². The summed E-state index contributed by atoms with van der Waals surface area (Å²) < 4.78 is 31.3. The van der Waals surface area contributed by atoms with Crippen molar-refractivity contribution in [2.24, 2.45) is 5.41 Å². The third kappa shape index (κ3) is 8.13. The lowest BCUT2D eigenvalue weighted by molar-refractivity contribution is 0.199. The van der Waals surface area contributed by atoms with Crippen molar-refractivity contribution in [3.63, 3.8) is 0 Å². The van der Waals surface area contributed by atoms with Crippen molar-refractivity contribution >= 4 is 26.0 Å². The molecule has 0 amide bonds. The fraction of sp³-hybridized carbons (Fsp3) is 1.00. The van der Waals surface area contributed by atoms with Crippen LogP contribution in [0.3, 0.4) is 0 Å². The first-order valence-electron chi connectivity index (χ1n) is 5.78. The molecule has 0 aromatic rings. The SMILES string of the molecule is COCCCS(=O)(=O)NC(CCBr)C(C)(C)C. The van der Waals surface area contributed by atoms with E-state index in [1.165, 1.54) is 0 Å².